The maximum absolute atomic E-state index is 12.3. The van der Waals surface area contributed by atoms with Crippen molar-refractivity contribution in [2.24, 2.45) is 0 Å². The predicted octanol–water partition coefficient (Wildman–Crippen LogP) is 4.10. The van der Waals surface area contributed by atoms with Crippen molar-refractivity contribution < 1.29 is 4.79 Å². The monoisotopic (exact) mass is 438 g/mol. The van der Waals surface area contributed by atoms with E-state index in [1.54, 1.807) is 6.20 Å². The van der Waals surface area contributed by atoms with Crippen LogP contribution in [-0.2, 0) is 5.75 Å². The van der Waals surface area contributed by atoms with Crippen LogP contribution in [0.5, 0.6) is 0 Å². The highest BCUT2D eigenvalue weighted by Gasteiger charge is 2.11. The van der Waals surface area contributed by atoms with E-state index in [9.17, 15) is 9.59 Å². The second-order valence-corrected chi connectivity index (χ2v) is 8.78. The molecule has 3 aromatic heterocycles. The van der Waals surface area contributed by atoms with Crippen LogP contribution in [0.15, 0.2) is 57.8 Å². The van der Waals surface area contributed by atoms with Gasteiger partial charge in [-0.25, -0.2) is 9.78 Å². The van der Waals surface area contributed by atoms with E-state index in [0.29, 0.717) is 32.3 Å². The van der Waals surface area contributed by atoms with Gasteiger partial charge in [-0.3, -0.25) is 14.5 Å². The van der Waals surface area contributed by atoms with E-state index < -0.39 is 0 Å². The van der Waals surface area contributed by atoms with E-state index in [0.717, 1.165) is 11.1 Å². The zero-order valence-electron chi connectivity index (χ0n) is 16.2. The second kappa shape index (κ2) is 8.64. The van der Waals surface area contributed by atoms with Crippen molar-refractivity contribution in [2.45, 2.75) is 23.9 Å². The summed E-state index contributed by atoms with van der Waals surface area (Å²) in [7, 11) is 0. The van der Waals surface area contributed by atoms with Crippen molar-refractivity contribution in [3.05, 3.63) is 75.8 Å². The van der Waals surface area contributed by atoms with Crippen molar-refractivity contribution in [3.63, 3.8) is 0 Å². The van der Waals surface area contributed by atoms with E-state index in [4.69, 9.17) is 0 Å². The maximum Gasteiger partial charge on any atom is 0.325 e. The van der Waals surface area contributed by atoms with Crippen molar-refractivity contribution in [1.29, 1.82) is 0 Å². The van der Waals surface area contributed by atoms with Crippen LogP contribution in [-0.4, -0.2) is 25.6 Å². The SMILES string of the molecule is Cc1cccc(NC(=O)Nc2nnc(SCc3cc(=O)n4cccc(C)c4n3)s2)c1. The lowest BCUT2D eigenvalue weighted by Gasteiger charge is -2.05. The van der Waals surface area contributed by atoms with Gasteiger partial charge < -0.3 is 5.32 Å². The average Bonchev–Trinajstić information content (AvgIpc) is 3.14. The van der Waals surface area contributed by atoms with E-state index in [1.807, 2.05) is 50.2 Å². The molecule has 0 aliphatic rings. The highest BCUT2D eigenvalue weighted by Crippen LogP contribution is 2.28. The highest BCUT2D eigenvalue weighted by atomic mass is 32.2. The lowest BCUT2D eigenvalue weighted by molar-refractivity contribution is 0.262. The van der Waals surface area contributed by atoms with Gasteiger partial charge in [0.25, 0.3) is 5.56 Å². The van der Waals surface area contributed by atoms with Crippen LogP contribution in [0, 0.1) is 13.8 Å². The predicted molar refractivity (Wildman–Crippen MR) is 119 cm³/mol. The van der Waals surface area contributed by atoms with Gasteiger partial charge in [-0.2, -0.15) is 0 Å². The molecule has 0 atom stereocenters. The topological polar surface area (TPSA) is 101 Å². The number of anilines is 2. The molecule has 3 heterocycles. The van der Waals surface area contributed by atoms with Crippen molar-refractivity contribution in [2.75, 3.05) is 10.6 Å². The summed E-state index contributed by atoms with van der Waals surface area (Å²) in [5.74, 6) is 0.476. The van der Waals surface area contributed by atoms with Gasteiger partial charge in [0.05, 0.1) is 5.69 Å². The Bertz CT molecular complexity index is 1280. The molecule has 0 saturated heterocycles. The fourth-order valence-corrected chi connectivity index (χ4v) is 4.46. The molecular formula is C20H18N6O2S2. The Morgan fingerprint density at radius 1 is 1.13 bits per heavy atom. The van der Waals surface area contributed by atoms with E-state index in [1.165, 1.54) is 33.6 Å². The molecular weight excluding hydrogens is 420 g/mol. The largest absolute Gasteiger partial charge is 0.325 e. The molecule has 0 fully saturated rings. The summed E-state index contributed by atoms with van der Waals surface area (Å²) >= 11 is 2.68. The van der Waals surface area contributed by atoms with Crippen molar-refractivity contribution in [1.82, 2.24) is 19.6 Å². The molecule has 1 aromatic carbocycles. The number of amides is 2. The number of pyridine rings is 1. The number of fused-ring (bicyclic) bond motifs is 1. The second-order valence-electron chi connectivity index (χ2n) is 6.58. The minimum absolute atomic E-state index is 0.119. The number of nitrogens with zero attached hydrogens (tertiary/aromatic N) is 4. The Hall–Kier alpha value is -3.24. The molecule has 8 nitrogen and oxygen atoms in total. The normalized spacial score (nSPS) is 10.9. The molecule has 0 aliphatic heterocycles. The van der Waals surface area contributed by atoms with Gasteiger partial charge >= 0.3 is 6.03 Å². The lowest BCUT2D eigenvalue weighted by atomic mass is 10.2. The van der Waals surface area contributed by atoms with Crippen LogP contribution in [0.25, 0.3) is 5.65 Å². The number of benzene rings is 1. The number of hydrogen-bond donors (Lipinski definition) is 2. The third-order valence-corrected chi connectivity index (χ3v) is 6.19. The van der Waals surface area contributed by atoms with Gasteiger partial charge in [0.15, 0.2) is 4.34 Å². The number of urea groups is 1. The minimum atomic E-state index is -0.381. The van der Waals surface area contributed by atoms with Crippen LogP contribution in [0.4, 0.5) is 15.6 Å². The summed E-state index contributed by atoms with van der Waals surface area (Å²) in [6, 6.07) is 12.4. The highest BCUT2D eigenvalue weighted by molar-refractivity contribution is 8.00. The third-order valence-electron chi connectivity index (χ3n) is 4.19. The Kier molecular flexibility index (Phi) is 5.77. The first-order valence-electron chi connectivity index (χ1n) is 9.07. The van der Waals surface area contributed by atoms with Crippen molar-refractivity contribution >= 4 is 45.6 Å². The number of nitrogens with one attached hydrogen (secondary N) is 2. The van der Waals surface area contributed by atoms with Crippen LogP contribution in [0.1, 0.15) is 16.8 Å². The Morgan fingerprint density at radius 2 is 2.00 bits per heavy atom. The van der Waals surface area contributed by atoms with Gasteiger partial charge in [0.1, 0.15) is 5.65 Å². The molecule has 2 N–H and O–H groups in total. The zero-order chi connectivity index (χ0) is 21.1. The van der Waals surface area contributed by atoms with Gasteiger partial charge in [-0.15, -0.1) is 10.2 Å². The summed E-state index contributed by atoms with van der Waals surface area (Å²) in [5, 5.41) is 13.9. The summed E-state index contributed by atoms with van der Waals surface area (Å²) in [6.45, 7) is 3.88. The zero-order valence-corrected chi connectivity index (χ0v) is 17.9. The molecule has 10 heteroatoms. The number of carbonyl (C=O) groups is 1. The number of aromatic nitrogens is 4. The summed E-state index contributed by atoms with van der Waals surface area (Å²) < 4.78 is 2.20. The molecule has 4 aromatic rings. The third kappa shape index (κ3) is 4.66. The van der Waals surface area contributed by atoms with Crippen LogP contribution < -0.4 is 16.2 Å². The van der Waals surface area contributed by atoms with Gasteiger partial charge in [-0.05, 0) is 43.2 Å². The first-order chi connectivity index (χ1) is 14.5. The quantitative estimate of drug-likeness (QED) is 0.359. The molecule has 2 amide bonds. The van der Waals surface area contributed by atoms with Gasteiger partial charge in [0, 0.05) is 23.7 Å². The fourth-order valence-electron chi connectivity index (χ4n) is 2.82. The molecule has 4 rings (SSSR count). The molecule has 0 spiro atoms. The molecule has 0 radical (unpaired) electrons. The number of hydrogen-bond acceptors (Lipinski definition) is 7. The standard InChI is InChI=1S/C20H18N6O2S2/c1-12-5-3-7-14(9-12)22-18(28)23-19-24-25-20(30-19)29-11-15-10-16(27)26-8-4-6-13(2)17(26)21-15/h3-10H,11H2,1-2H3,(H2,22,23,24,28). The number of rotatable bonds is 5. The molecule has 0 saturated carbocycles. The first kappa shape index (κ1) is 20.0. The van der Waals surface area contributed by atoms with Crippen LogP contribution >= 0.6 is 23.1 Å². The smallest absolute Gasteiger partial charge is 0.308 e. The molecule has 0 bridgehead atoms. The molecule has 152 valence electrons. The summed E-state index contributed by atoms with van der Waals surface area (Å²) in [5.41, 5.74) is 3.89. The maximum atomic E-state index is 12.3. The van der Waals surface area contributed by atoms with E-state index in [-0.39, 0.29) is 11.6 Å². The summed E-state index contributed by atoms with van der Waals surface area (Å²) in [6.07, 6.45) is 1.71. The van der Waals surface area contributed by atoms with Gasteiger partial charge in [0.2, 0.25) is 5.13 Å². The number of carbonyl (C=O) groups excluding carboxylic acids is 1. The fraction of sp³-hybridized carbons (Fsp3) is 0.150. The minimum Gasteiger partial charge on any atom is -0.308 e. The Balaban J connectivity index is 1.39. The Morgan fingerprint density at radius 3 is 2.83 bits per heavy atom. The molecule has 30 heavy (non-hydrogen) atoms. The van der Waals surface area contributed by atoms with Gasteiger partial charge in [-0.1, -0.05) is 41.3 Å². The van der Waals surface area contributed by atoms with Crippen LogP contribution in [0.2, 0.25) is 0 Å². The van der Waals surface area contributed by atoms with Crippen molar-refractivity contribution in [3.8, 4) is 0 Å². The summed E-state index contributed by atoms with van der Waals surface area (Å²) in [4.78, 5) is 29.0. The Labute approximate surface area is 180 Å². The number of thioether (sulfide) groups is 1. The average molecular weight is 439 g/mol. The molecule has 0 unspecified atom stereocenters. The first-order valence-corrected chi connectivity index (χ1v) is 10.9. The van der Waals surface area contributed by atoms with E-state index in [2.05, 4.69) is 25.8 Å². The molecule has 0 aliphatic carbocycles. The van der Waals surface area contributed by atoms with Crippen LogP contribution in [0.3, 0.4) is 0 Å². The number of aryl methyl sites for hydroxylation is 2. The lowest BCUT2D eigenvalue weighted by Crippen LogP contribution is -2.19. The van der Waals surface area contributed by atoms with E-state index >= 15 is 0 Å².